The van der Waals surface area contributed by atoms with E-state index in [1.165, 1.54) is 0 Å². The van der Waals surface area contributed by atoms with Gasteiger partial charge >= 0.3 is 0 Å². The molecule has 1 aromatic carbocycles. The van der Waals surface area contributed by atoms with Crippen LogP contribution in [-0.2, 0) is 0 Å². The summed E-state index contributed by atoms with van der Waals surface area (Å²) in [6, 6.07) is 7.69. The zero-order valence-electron chi connectivity index (χ0n) is 16.1. The zero-order chi connectivity index (χ0) is 19.7. The van der Waals surface area contributed by atoms with Crippen LogP contribution >= 0.6 is 0 Å². The van der Waals surface area contributed by atoms with Crippen molar-refractivity contribution >= 4 is 55.9 Å². The van der Waals surface area contributed by atoms with E-state index in [2.05, 4.69) is 31.0 Å². The van der Waals surface area contributed by atoms with Crippen molar-refractivity contribution in [3.05, 3.63) is 36.7 Å². The summed E-state index contributed by atoms with van der Waals surface area (Å²) in [6.45, 7) is 7.68. The molecule has 4 aromatic rings. The molecule has 0 aliphatic rings. The van der Waals surface area contributed by atoms with Crippen LogP contribution in [0.4, 0.5) is 11.6 Å². The first kappa shape index (κ1) is 17.7. The van der Waals surface area contributed by atoms with Crippen molar-refractivity contribution in [3.63, 3.8) is 0 Å². The van der Waals surface area contributed by atoms with Gasteiger partial charge < -0.3 is 0 Å². The first-order valence-corrected chi connectivity index (χ1v) is 8.91. The Balaban J connectivity index is 2.02. The molecule has 0 unspecified atom stereocenters. The summed E-state index contributed by atoms with van der Waals surface area (Å²) >= 11 is 0. The zero-order valence-corrected chi connectivity index (χ0v) is 16.1. The largest absolute Gasteiger partial charge is 0.261 e. The van der Waals surface area contributed by atoms with Gasteiger partial charge in [-0.1, -0.05) is 0 Å². The number of hydrogen-bond acceptors (Lipinski definition) is 8. The summed E-state index contributed by atoms with van der Waals surface area (Å²) < 4.78 is 0. The number of aromatic nitrogens is 4. The van der Waals surface area contributed by atoms with Gasteiger partial charge in [-0.25, -0.2) is 9.97 Å². The monoisotopic (exact) mass is 372 g/mol. The smallest absolute Gasteiger partial charge is 0.146 e. The average molecular weight is 372 g/mol. The third-order valence-corrected chi connectivity index (χ3v) is 4.01. The van der Waals surface area contributed by atoms with Crippen molar-refractivity contribution in [3.8, 4) is 0 Å². The van der Waals surface area contributed by atoms with Crippen molar-refractivity contribution in [2.24, 2.45) is 10.2 Å². The lowest BCUT2D eigenvalue weighted by Crippen LogP contribution is -1.99. The predicted octanol–water partition coefficient (Wildman–Crippen LogP) is 4.34. The molecule has 0 atom stereocenters. The predicted molar refractivity (Wildman–Crippen MR) is 115 cm³/mol. The van der Waals surface area contributed by atoms with E-state index in [0.29, 0.717) is 11.6 Å². The average Bonchev–Trinajstić information content (AvgIpc) is 2.70. The minimum atomic E-state index is 0.640. The lowest BCUT2D eigenvalue weighted by molar-refractivity contribution is 1.23. The summed E-state index contributed by atoms with van der Waals surface area (Å²) in [5.74, 6) is 1.28. The first-order valence-electron chi connectivity index (χ1n) is 8.91. The Bertz CT molecular complexity index is 1150. The number of benzene rings is 1. The Morgan fingerprint density at radius 2 is 1.07 bits per heavy atom. The van der Waals surface area contributed by atoms with Crippen molar-refractivity contribution in [2.45, 2.75) is 27.7 Å². The first-order chi connectivity index (χ1) is 13.5. The van der Waals surface area contributed by atoms with Crippen LogP contribution in [0.25, 0.3) is 32.8 Å². The van der Waals surface area contributed by atoms with E-state index >= 15 is 0 Å². The maximum atomic E-state index is 4.75. The molecule has 2 N–H and O–H groups in total. The van der Waals surface area contributed by atoms with Crippen LogP contribution in [0.2, 0.25) is 0 Å². The third-order valence-electron chi connectivity index (χ3n) is 4.01. The number of hydrazone groups is 2. The van der Waals surface area contributed by atoms with Gasteiger partial charge in [-0.15, -0.1) is 0 Å². The Morgan fingerprint density at radius 3 is 1.46 bits per heavy atom. The molecule has 0 fully saturated rings. The Kier molecular flexibility index (Phi) is 4.52. The highest BCUT2D eigenvalue weighted by Crippen LogP contribution is 2.32. The van der Waals surface area contributed by atoms with Crippen LogP contribution in [0.1, 0.15) is 27.7 Å². The van der Waals surface area contributed by atoms with Gasteiger partial charge in [0.05, 0.1) is 11.0 Å². The van der Waals surface area contributed by atoms with Crippen LogP contribution in [0.15, 0.2) is 46.9 Å². The molecule has 0 radical (unpaired) electrons. The van der Waals surface area contributed by atoms with E-state index in [1.54, 1.807) is 12.4 Å². The van der Waals surface area contributed by atoms with Crippen LogP contribution in [0.5, 0.6) is 0 Å². The van der Waals surface area contributed by atoms with E-state index in [0.717, 1.165) is 44.3 Å². The number of pyridine rings is 2. The minimum absolute atomic E-state index is 0.640. The molecule has 8 nitrogen and oxygen atoms in total. The number of fused-ring (bicyclic) bond motifs is 6. The van der Waals surface area contributed by atoms with E-state index in [4.69, 9.17) is 9.97 Å². The lowest BCUT2D eigenvalue weighted by Gasteiger charge is -2.10. The van der Waals surface area contributed by atoms with Gasteiger partial charge in [-0.3, -0.25) is 20.8 Å². The highest BCUT2D eigenvalue weighted by Gasteiger charge is 2.14. The summed E-state index contributed by atoms with van der Waals surface area (Å²) in [4.78, 5) is 18.6. The second-order valence-corrected chi connectivity index (χ2v) is 6.78. The van der Waals surface area contributed by atoms with Gasteiger partial charge in [0.2, 0.25) is 0 Å². The summed E-state index contributed by atoms with van der Waals surface area (Å²) in [5, 5.41) is 10.2. The second-order valence-electron chi connectivity index (χ2n) is 6.78. The number of nitrogens with one attached hydrogen (secondary N) is 2. The Labute approximate surface area is 161 Å². The minimum Gasteiger partial charge on any atom is -0.261 e. The number of hydrogen-bond donors (Lipinski definition) is 2. The van der Waals surface area contributed by atoms with Gasteiger partial charge in [-0.05, 0) is 52.0 Å². The van der Waals surface area contributed by atoms with Crippen molar-refractivity contribution in [1.82, 2.24) is 19.9 Å². The van der Waals surface area contributed by atoms with Crippen LogP contribution in [-0.4, -0.2) is 31.4 Å². The molecule has 0 amide bonds. The van der Waals surface area contributed by atoms with Gasteiger partial charge in [0.15, 0.2) is 0 Å². The van der Waals surface area contributed by atoms with E-state index in [9.17, 15) is 0 Å². The van der Waals surface area contributed by atoms with Crippen molar-refractivity contribution in [2.75, 3.05) is 10.9 Å². The molecular weight excluding hydrogens is 352 g/mol. The second kappa shape index (κ2) is 7.15. The standard InChI is InChI=1S/C20H20N8/c1-11(2)25-27-15-7-5-13-17-18(22-10-9-21-17)14-6-8-16(28-26-12(3)4)24-20(14)19(13)23-15/h5-10H,1-4H3,(H,23,27)(H,24,28). The fourth-order valence-electron chi connectivity index (χ4n) is 2.86. The Morgan fingerprint density at radius 1 is 0.643 bits per heavy atom. The number of rotatable bonds is 4. The molecule has 0 aliphatic heterocycles. The number of nitrogens with zero attached hydrogens (tertiary/aromatic N) is 6. The molecule has 0 saturated heterocycles. The molecular formula is C20H20N8. The van der Waals surface area contributed by atoms with Crippen LogP contribution in [0.3, 0.4) is 0 Å². The van der Waals surface area contributed by atoms with E-state index < -0.39 is 0 Å². The van der Waals surface area contributed by atoms with Gasteiger partial charge in [-0.2, -0.15) is 10.2 Å². The number of anilines is 2. The SMILES string of the molecule is CC(C)=NNc1ccc2c3nccnc3c3ccc(NN=C(C)C)nc3c2n1. The molecule has 0 bridgehead atoms. The third kappa shape index (κ3) is 3.32. The molecule has 0 saturated carbocycles. The van der Waals surface area contributed by atoms with Gasteiger partial charge in [0.1, 0.15) is 22.7 Å². The van der Waals surface area contributed by atoms with Gasteiger partial charge in [0, 0.05) is 34.6 Å². The molecule has 3 aromatic heterocycles. The maximum absolute atomic E-state index is 4.75. The van der Waals surface area contributed by atoms with E-state index in [1.807, 2.05) is 52.0 Å². The molecule has 4 rings (SSSR count). The quantitative estimate of drug-likeness (QED) is 0.314. The highest BCUT2D eigenvalue weighted by molar-refractivity contribution is 6.20. The molecule has 140 valence electrons. The summed E-state index contributed by atoms with van der Waals surface area (Å²) in [7, 11) is 0. The molecule has 8 heteroatoms. The van der Waals surface area contributed by atoms with Gasteiger partial charge in [0.25, 0.3) is 0 Å². The topological polar surface area (TPSA) is 100 Å². The Hall–Kier alpha value is -3.68. The molecule has 28 heavy (non-hydrogen) atoms. The highest BCUT2D eigenvalue weighted by atomic mass is 15.3. The van der Waals surface area contributed by atoms with Crippen molar-refractivity contribution < 1.29 is 0 Å². The maximum Gasteiger partial charge on any atom is 0.146 e. The molecule has 3 heterocycles. The lowest BCUT2D eigenvalue weighted by atomic mass is 10.1. The molecule has 0 aliphatic carbocycles. The van der Waals surface area contributed by atoms with E-state index in [-0.39, 0.29) is 0 Å². The summed E-state index contributed by atoms with van der Waals surface area (Å²) in [5.41, 5.74) is 10.8. The normalized spacial score (nSPS) is 10.9. The fraction of sp³-hybridized carbons (Fsp3) is 0.200. The van der Waals surface area contributed by atoms with Crippen LogP contribution in [0, 0.1) is 0 Å². The molecule has 0 spiro atoms. The summed E-state index contributed by atoms with van der Waals surface area (Å²) in [6.07, 6.45) is 3.37. The van der Waals surface area contributed by atoms with Crippen LogP contribution < -0.4 is 10.9 Å². The fourth-order valence-corrected chi connectivity index (χ4v) is 2.86. The van der Waals surface area contributed by atoms with Crippen molar-refractivity contribution in [1.29, 1.82) is 0 Å².